The molecule has 23 heavy (non-hydrogen) atoms. The van der Waals surface area contributed by atoms with E-state index in [1.807, 2.05) is 6.92 Å². The number of rotatable bonds is 5. The maximum Gasteiger partial charge on any atom is 0.282 e. The number of aromatic hydroxyl groups is 1. The molecule has 0 aliphatic heterocycles. The molecule has 2 aromatic carbocycles. The van der Waals surface area contributed by atoms with Gasteiger partial charge in [0.1, 0.15) is 11.3 Å². The summed E-state index contributed by atoms with van der Waals surface area (Å²) in [5.74, 6) is -0.518. The first-order chi connectivity index (χ1) is 11.0. The third kappa shape index (κ3) is 3.91. The summed E-state index contributed by atoms with van der Waals surface area (Å²) in [6.45, 7) is 1.86. The van der Waals surface area contributed by atoms with Crippen LogP contribution < -0.4 is 5.43 Å². The topological polar surface area (TPSA) is 105 Å². The summed E-state index contributed by atoms with van der Waals surface area (Å²) >= 11 is 0. The summed E-state index contributed by atoms with van der Waals surface area (Å²) in [7, 11) is 0. The number of nitro benzene ring substituents is 1. The smallest absolute Gasteiger partial charge is 0.282 e. The Balaban J connectivity index is 2.22. The number of nitrogens with one attached hydrogen (secondary N) is 1. The molecule has 0 radical (unpaired) electrons. The molecule has 7 heteroatoms. The van der Waals surface area contributed by atoms with Gasteiger partial charge in [0, 0.05) is 6.07 Å². The predicted octanol–water partition coefficient (Wildman–Crippen LogP) is 2.84. The standard InChI is InChI=1S/C16H15N3O4/c1-2-14(11-7-9-12(20)10-8-11)17-18-16(21)13-5-3-4-6-15(13)19(22)23/h3-10,20H,2H2,1H3,(H,18,21)/b17-14-. The van der Waals surface area contributed by atoms with E-state index in [0.29, 0.717) is 12.1 Å². The molecule has 0 spiro atoms. The number of para-hydroxylation sites is 1. The van der Waals surface area contributed by atoms with E-state index in [2.05, 4.69) is 10.5 Å². The van der Waals surface area contributed by atoms with Crippen molar-refractivity contribution in [2.24, 2.45) is 5.10 Å². The highest BCUT2D eigenvalue weighted by atomic mass is 16.6. The molecule has 0 fully saturated rings. The molecule has 0 aliphatic rings. The van der Waals surface area contributed by atoms with E-state index >= 15 is 0 Å². The van der Waals surface area contributed by atoms with Gasteiger partial charge in [-0.25, -0.2) is 5.43 Å². The lowest BCUT2D eigenvalue weighted by Gasteiger charge is -2.06. The molecular formula is C16H15N3O4. The molecule has 0 unspecified atom stereocenters. The van der Waals surface area contributed by atoms with Crippen molar-refractivity contribution in [3.63, 3.8) is 0 Å². The summed E-state index contributed by atoms with van der Waals surface area (Å²) in [5.41, 5.74) is 3.35. The van der Waals surface area contributed by atoms with Crippen LogP contribution in [0.2, 0.25) is 0 Å². The Bertz CT molecular complexity index is 754. The quantitative estimate of drug-likeness (QED) is 0.503. The second kappa shape index (κ2) is 7.17. The Morgan fingerprint density at radius 3 is 2.48 bits per heavy atom. The molecule has 0 saturated heterocycles. The van der Waals surface area contributed by atoms with Gasteiger partial charge in [-0.2, -0.15) is 5.10 Å². The summed E-state index contributed by atoms with van der Waals surface area (Å²) in [5, 5.41) is 24.3. The maximum atomic E-state index is 12.1. The van der Waals surface area contributed by atoms with Crippen LogP contribution >= 0.6 is 0 Å². The molecule has 0 atom stereocenters. The van der Waals surface area contributed by atoms with Gasteiger partial charge in [-0.15, -0.1) is 0 Å². The van der Waals surface area contributed by atoms with Gasteiger partial charge >= 0.3 is 0 Å². The summed E-state index contributed by atoms with van der Waals surface area (Å²) in [6.07, 6.45) is 0.544. The van der Waals surface area contributed by atoms with Gasteiger partial charge in [0.15, 0.2) is 0 Å². The van der Waals surface area contributed by atoms with Crippen molar-refractivity contribution in [3.05, 3.63) is 69.8 Å². The molecule has 0 aliphatic carbocycles. The van der Waals surface area contributed by atoms with Crippen molar-refractivity contribution < 1.29 is 14.8 Å². The normalized spacial score (nSPS) is 11.1. The Morgan fingerprint density at radius 1 is 1.22 bits per heavy atom. The Hall–Kier alpha value is -3.22. The fraction of sp³-hybridized carbons (Fsp3) is 0.125. The van der Waals surface area contributed by atoms with Gasteiger partial charge in [-0.3, -0.25) is 14.9 Å². The minimum Gasteiger partial charge on any atom is -0.508 e. The molecule has 0 saturated carbocycles. The van der Waals surface area contributed by atoms with E-state index in [4.69, 9.17) is 0 Å². The van der Waals surface area contributed by atoms with Gasteiger partial charge < -0.3 is 5.11 Å². The van der Waals surface area contributed by atoms with Crippen LogP contribution in [0.4, 0.5) is 5.69 Å². The van der Waals surface area contributed by atoms with Gasteiger partial charge in [-0.1, -0.05) is 19.1 Å². The number of hydrogen-bond donors (Lipinski definition) is 2. The highest BCUT2D eigenvalue weighted by Gasteiger charge is 2.18. The van der Waals surface area contributed by atoms with Crippen molar-refractivity contribution in [2.75, 3.05) is 0 Å². The SMILES string of the molecule is CC/C(=N/NC(=O)c1ccccc1[N+](=O)[O-])c1ccc(O)cc1. The van der Waals surface area contributed by atoms with E-state index in [9.17, 15) is 20.0 Å². The number of hydrazone groups is 1. The summed E-state index contributed by atoms with van der Waals surface area (Å²) < 4.78 is 0. The number of phenolic OH excluding ortho intramolecular Hbond substituents is 1. The Labute approximate surface area is 132 Å². The minimum absolute atomic E-state index is 0.0533. The lowest BCUT2D eigenvalue weighted by molar-refractivity contribution is -0.385. The number of nitrogens with zero attached hydrogens (tertiary/aromatic N) is 2. The fourth-order valence-electron chi connectivity index (χ4n) is 2.00. The first-order valence-electron chi connectivity index (χ1n) is 6.92. The van der Waals surface area contributed by atoms with Crippen LogP contribution in [0, 0.1) is 10.1 Å². The number of nitro groups is 1. The molecule has 0 heterocycles. The third-order valence-electron chi connectivity index (χ3n) is 3.17. The first-order valence-corrected chi connectivity index (χ1v) is 6.92. The molecule has 7 nitrogen and oxygen atoms in total. The molecule has 2 rings (SSSR count). The first kappa shape index (κ1) is 16.2. The zero-order valence-corrected chi connectivity index (χ0v) is 12.4. The zero-order valence-electron chi connectivity index (χ0n) is 12.4. The van der Waals surface area contributed by atoms with Gasteiger partial charge in [-0.05, 0) is 42.3 Å². The minimum atomic E-state index is -0.651. The average molecular weight is 313 g/mol. The van der Waals surface area contributed by atoms with E-state index < -0.39 is 10.8 Å². The lowest BCUT2D eigenvalue weighted by Crippen LogP contribution is -2.21. The molecule has 0 aromatic heterocycles. The van der Waals surface area contributed by atoms with Crippen LogP contribution in [0.5, 0.6) is 5.75 Å². The van der Waals surface area contributed by atoms with Crippen LogP contribution in [0.3, 0.4) is 0 Å². The fourth-order valence-corrected chi connectivity index (χ4v) is 2.00. The van der Waals surface area contributed by atoms with Gasteiger partial charge in [0.05, 0.1) is 10.6 Å². The van der Waals surface area contributed by atoms with Gasteiger partial charge in [0.2, 0.25) is 0 Å². The largest absolute Gasteiger partial charge is 0.508 e. The van der Waals surface area contributed by atoms with Crippen LogP contribution in [0.25, 0.3) is 0 Å². The number of carbonyl (C=O) groups is 1. The molecule has 2 N–H and O–H groups in total. The Morgan fingerprint density at radius 2 is 1.87 bits per heavy atom. The van der Waals surface area contributed by atoms with Crippen molar-refractivity contribution in [1.29, 1.82) is 0 Å². The third-order valence-corrected chi connectivity index (χ3v) is 3.17. The van der Waals surface area contributed by atoms with E-state index in [0.717, 1.165) is 5.56 Å². The number of hydrogen-bond acceptors (Lipinski definition) is 5. The molecule has 2 aromatic rings. The van der Waals surface area contributed by atoms with E-state index in [-0.39, 0.29) is 17.0 Å². The molecule has 118 valence electrons. The lowest BCUT2D eigenvalue weighted by atomic mass is 10.1. The van der Waals surface area contributed by atoms with Crippen LogP contribution in [-0.4, -0.2) is 21.6 Å². The highest BCUT2D eigenvalue weighted by Crippen LogP contribution is 2.17. The van der Waals surface area contributed by atoms with Crippen molar-refractivity contribution >= 4 is 17.3 Å². The second-order valence-corrected chi connectivity index (χ2v) is 4.67. The van der Waals surface area contributed by atoms with Crippen molar-refractivity contribution in [1.82, 2.24) is 5.43 Å². The van der Waals surface area contributed by atoms with Crippen molar-refractivity contribution in [2.45, 2.75) is 13.3 Å². The van der Waals surface area contributed by atoms with Crippen LogP contribution in [-0.2, 0) is 0 Å². The van der Waals surface area contributed by atoms with E-state index in [1.165, 1.54) is 30.3 Å². The molecular weight excluding hydrogens is 298 g/mol. The predicted molar refractivity (Wildman–Crippen MR) is 85.5 cm³/mol. The molecule has 0 bridgehead atoms. The van der Waals surface area contributed by atoms with E-state index in [1.54, 1.807) is 18.2 Å². The van der Waals surface area contributed by atoms with Crippen LogP contribution in [0.1, 0.15) is 29.3 Å². The summed E-state index contributed by atoms with van der Waals surface area (Å²) in [6, 6.07) is 12.1. The number of phenols is 1. The average Bonchev–Trinajstić information content (AvgIpc) is 2.56. The number of benzene rings is 2. The number of carbonyl (C=O) groups excluding carboxylic acids is 1. The van der Waals surface area contributed by atoms with Crippen molar-refractivity contribution in [3.8, 4) is 5.75 Å². The van der Waals surface area contributed by atoms with Gasteiger partial charge in [0.25, 0.3) is 11.6 Å². The Kier molecular flexibility index (Phi) is 5.03. The molecule has 1 amide bonds. The monoisotopic (exact) mass is 313 g/mol. The zero-order chi connectivity index (χ0) is 16.8. The van der Waals surface area contributed by atoms with Crippen LogP contribution in [0.15, 0.2) is 53.6 Å². The second-order valence-electron chi connectivity index (χ2n) is 4.67. The maximum absolute atomic E-state index is 12.1. The highest BCUT2D eigenvalue weighted by molar-refractivity contribution is 6.03. The number of amides is 1. The summed E-state index contributed by atoms with van der Waals surface area (Å²) in [4.78, 5) is 22.4.